The number of aromatic nitrogens is 3. The Hall–Kier alpha value is -3.97. The van der Waals surface area contributed by atoms with Gasteiger partial charge in [0.1, 0.15) is 0 Å². The molecule has 4 bridgehead atoms. The maximum absolute atomic E-state index is 14.0. The summed E-state index contributed by atoms with van der Waals surface area (Å²) in [5, 5.41) is 34.1. The van der Waals surface area contributed by atoms with Crippen LogP contribution in [0.2, 0.25) is 0 Å². The lowest BCUT2D eigenvalue weighted by molar-refractivity contribution is -0.402. The average Bonchev–Trinajstić information content (AvgIpc) is 3.77. The van der Waals surface area contributed by atoms with Crippen LogP contribution in [0.4, 0.5) is 5.69 Å². The second kappa shape index (κ2) is 16.2. The first-order valence-electron chi connectivity index (χ1n) is 23.9. The van der Waals surface area contributed by atoms with Gasteiger partial charge in [-0.25, -0.2) is 0 Å². The number of unbranched alkanes of at least 4 members (excludes halogenated alkanes) is 5. The van der Waals surface area contributed by atoms with Crippen LogP contribution in [0.1, 0.15) is 137 Å². The molecule has 332 valence electrons. The Morgan fingerprint density at radius 2 is 1.63 bits per heavy atom. The van der Waals surface area contributed by atoms with Crippen molar-refractivity contribution in [3.63, 3.8) is 0 Å². The summed E-state index contributed by atoms with van der Waals surface area (Å²) in [4.78, 5) is 45.1. The van der Waals surface area contributed by atoms with Gasteiger partial charge in [-0.2, -0.15) is 0 Å². The summed E-state index contributed by atoms with van der Waals surface area (Å²) in [5.74, 6) is -1.03. The number of Topliss-reactive ketones (excluding diaryl/α,β-unsaturated/α-hetero) is 1. The number of nitrogens with zero attached hydrogens (tertiary/aromatic N) is 5. The van der Waals surface area contributed by atoms with Crippen molar-refractivity contribution in [3.05, 3.63) is 65.5 Å². The summed E-state index contributed by atoms with van der Waals surface area (Å²) in [7, 11) is 0. The van der Waals surface area contributed by atoms with E-state index in [1.165, 1.54) is 24.2 Å². The van der Waals surface area contributed by atoms with E-state index >= 15 is 0 Å². The van der Waals surface area contributed by atoms with Gasteiger partial charge < -0.3 is 24.6 Å². The number of benzene rings is 2. The molecular weight excluding hydrogens is 783 g/mol. The molecule has 3 saturated heterocycles. The third-order valence-corrected chi connectivity index (χ3v) is 16.8. The van der Waals surface area contributed by atoms with Gasteiger partial charge in [0.15, 0.2) is 12.1 Å². The van der Waals surface area contributed by atoms with Crippen LogP contribution in [0.15, 0.2) is 48.7 Å². The number of amides is 2. The van der Waals surface area contributed by atoms with E-state index in [0.717, 1.165) is 112 Å². The van der Waals surface area contributed by atoms with Crippen LogP contribution in [0.3, 0.4) is 0 Å². The monoisotopic (exact) mass is 847 g/mol. The number of aliphatic hydroxyl groups excluding tert-OH is 2. The van der Waals surface area contributed by atoms with Crippen molar-refractivity contribution in [2.24, 2.45) is 34.0 Å². The number of aliphatic hydroxyl groups is 2. The third-order valence-electron chi connectivity index (χ3n) is 16.8. The number of aryl methyl sites for hydroxylation is 2. The number of rotatable bonds is 15. The predicted molar refractivity (Wildman–Crippen MR) is 234 cm³/mol. The predicted octanol–water partition coefficient (Wildman–Crippen LogP) is 7.43. The van der Waals surface area contributed by atoms with Gasteiger partial charge >= 0.3 is 0 Å². The number of carbonyl (C=O) groups is 3. The summed E-state index contributed by atoms with van der Waals surface area (Å²) in [6.07, 6.45) is 14.2. The summed E-state index contributed by atoms with van der Waals surface area (Å²) < 4.78 is 15.4. The number of piperidine rings is 1. The Kier molecular flexibility index (Phi) is 11.0. The van der Waals surface area contributed by atoms with Gasteiger partial charge in [-0.1, -0.05) is 63.5 Å². The lowest BCUT2D eigenvalue weighted by atomic mass is 9.37. The van der Waals surface area contributed by atoms with Gasteiger partial charge in [-0.15, -0.1) is 5.10 Å². The molecule has 2 spiro atoms. The third kappa shape index (κ3) is 6.46. The first-order chi connectivity index (χ1) is 30.0. The standard InChI is InChI=1S/C50H65N5O7/c1-31-36-28-38(56)42-49-22-15-21-48(2,3)39(49)29-40(50(42,43(31)57)44(36)58)62-47(49)61-27-13-6-8-16-32-30-54(52-51-32)25-11-4-5-12-26-55-45(59)34-18-14-17-33-37(53-23-9-7-10-24-53)20-19-35(41(33)34)46(55)60/h14,17-20,30,36,38-40,42,44,47,56,58H,1,4-13,15-16,21-29H2,2-3H3/t36-,38-,39+,40+,42-,44+,47+,49-,50+/m0/s1. The largest absolute Gasteiger partial charge is 0.393 e. The number of fused-ring (bicyclic) bond motifs is 2. The van der Waals surface area contributed by atoms with E-state index in [2.05, 4.69) is 47.8 Å². The molecule has 2 amide bonds. The number of imide groups is 1. The zero-order valence-electron chi connectivity index (χ0n) is 36.7. The van der Waals surface area contributed by atoms with E-state index in [-0.39, 0.29) is 28.9 Å². The number of anilines is 1. The van der Waals surface area contributed by atoms with Gasteiger partial charge in [0.05, 0.1) is 29.4 Å². The van der Waals surface area contributed by atoms with Crippen LogP contribution in [0.25, 0.3) is 10.8 Å². The molecule has 7 fully saturated rings. The van der Waals surface area contributed by atoms with Crippen molar-refractivity contribution in [3.8, 4) is 0 Å². The van der Waals surface area contributed by atoms with E-state index in [0.29, 0.717) is 42.7 Å². The van der Waals surface area contributed by atoms with Crippen molar-refractivity contribution in [2.45, 2.75) is 148 Å². The van der Waals surface area contributed by atoms with Crippen molar-refractivity contribution in [2.75, 3.05) is 31.1 Å². The quantitative estimate of drug-likeness (QED) is 0.0900. The lowest BCUT2D eigenvalue weighted by Crippen LogP contribution is -2.78. The Balaban J connectivity index is 0.668. The number of hydrogen-bond acceptors (Lipinski definition) is 10. The number of ketones is 1. The highest BCUT2D eigenvalue weighted by molar-refractivity contribution is 6.26. The molecule has 2 aromatic carbocycles. The Morgan fingerprint density at radius 1 is 0.871 bits per heavy atom. The first kappa shape index (κ1) is 42.0. The van der Waals surface area contributed by atoms with E-state index in [4.69, 9.17) is 9.47 Å². The number of hydrogen-bond donors (Lipinski definition) is 2. The highest BCUT2D eigenvalue weighted by atomic mass is 16.7. The fourth-order valence-electron chi connectivity index (χ4n) is 14.0. The van der Waals surface area contributed by atoms with Gasteiger partial charge in [-0.3, -0.25) is 24.0 Å². The summed E-state index contributed by atoms with van der Waals surface area (Å²) in [5.41, 5.74) is 2.17. The molecule has 9 atom stereocenters. The van der Waals surface area contributed by atoms with Gasteiger partial charge in [0, 0.05) is 83.8 Å². The maximum atomic E-state index is 14.0. The molecule has 4 aliphatic carbocycles. The number of carbonyl (C=O) groups excluding carboxylic acids is 3. The molecule has 12 heteroatoms. The maximum Gasteiger partial charge on any atom is 0.261 e. The molecule has 12 nitrogen and oxygen atoms in total. The molecular formula is C50H65N5O7. The molecule has 8 aliphatic rings. The molecule has 4 aliphatic heterocycles. The van der Waals surface area contributed by atoms with E-state index < -0.39 is 47.3 Å². The molecule has 62 heavy (non-hydrogen) atoms. The van der Waals surface area contributed by atoms with Crippen LogP contribution in [0, 0.1) is 34.0 Å². The topological polar surface area (TPSA) is 147 Å². The van der Waals surface area contributed by atoms with Gasteiger partial charge in [-0.05, 0) is 112 Å². The average molecular weight is 848 g/mol. The molecule has 3 aromatic rings. The van der Waals surface area contributed by atoms with Gasteiger partial charge in [0.25, 0.3) is 11.8 Å². The molecule has 11 rings (SSSR count). The summed E-state index contributed by atoms with van der Waals surface area (Å²) >= 11 is 0. The van der Waals surface area contributed by atoms with E-state index in [1.54, 1.807) is 0 Å². The Labute approximate surface area is 365 Å². The zero-order chi connectivity index (χ0) is 43.0. The Bertz CT molecular complexity index is 2230. The van der Waals surface area contributed by atoms with E-state index in [9.17, 15) is 24.6 Å². The summed E-state index contributed by atoms with van der Waals surface area (Å²) in [6.45, 7) is 12.5. The zero-order valence-corrected chi connectivity index (χ0v) is 36.7. The molecule has 0 radical (unpaired) electrons. The normalized spacial score (nSPS) is 33.4. The molecule has 2 N–H and O–H groups in total. The van der Waals surface area contributed by atoms with Crippen LogP contribution in [0.5, 0.6) is 0 Å². The van der Waals surface area contributed by atoms with Crippen LogP contribution < -0.4 is 4.90 Å². The van der Waals surface area contributed by atoms with Crippen LogP contribution in [-0.2, 0) is 27.2 Å². The van der Waals surface area contributed by atoms with Crippen LogP contribution in [-0.4, -0.2) is 98.5 Å². The van der Waals surface area contributed by atoms with Crippen molar-refractivity contribution >= 4 is 34.1 Å². The SMILES string of the molecule is C=C1C(=O)[C@]23[C@H](O)[C@H]1C[C@H](O)[C@H]2[C@]12CCCC(C)(C)[C@H]1C[C@H]3O[C@H]2OCCCCCc1cn(CCCCCCN2C(=O)c3cccc4c(N5CCCCC5)ccc(c34)C2=O)nn1. The lowest BCUT2D eigenvalue weighted by Gasteiger charge is -2.72. The minimum absolute atomic E-state index is 0.0133. The van der Waals surface area contributed by atoms with Crippen molar-refractivity contribution in [1.29, 1.82) is 0 Å². The molecule has 5 heterocycles. The summed E-state index contributed by atoms with van der Waals surface area (Å²) in [6, 6.07) is 9.87. The fourth-order valence-corrected chi connectivity index (χ4v) is 14.0. The molecule has 1 aromatic heterocycles. The minimum Gasteiger partial charge on any atom is -0.393 e. The smallest absolute Gasteiger partial charge is 0.261 e. The van der Waals surface area contributed by atoms with Crippen molar-refractivity contribution in [1.82, 2.24) is 19.9 Å². The van der Waals surface area contributed by atoms with E-state index in [1.807, 2.05) is 29.1 Å². The van der Waals surface area contributed by atoms with Crippen LogP contribution >= 0.6 is 0 Å². The second-order valence-corrected chi connectivity index (χ2v) is 20.6. The molecule has 4 saturated carbocycles. The van der Waals surface area contributed by atoms with Crippen molar-refractivity contribution < 1.29 is 34.1 Å². The first-order valence-corrected chi connectivity index (χ1v) is 23.9. The fraction of sp³-hybridized carbons (Fsp3) is 0.660. The Morgan fingerprint density at radius 3 is 2.44 bits per heavy atom. The van der Waals surface area contributed by atoms with Gasteiger partial charge in [0.2, 0.25) is 0 Å². The highest BCUT2D eigenvalue weighted by Crippen LogP contribution is 2.75. The number of ether oxygens (including phenoxy) is 2. The minimum atomic E-state index is -1.13. The highest BCUT2D eigenvalue weighted by Gasteiger charge is 2.81. The second-order valence-electron chi connectivity index (χ2n) is 20.6. The molecule has 0 unspecified atom stereocenters.